The third kappa shape index (κ3) is 3.97. The van der Waals surface area contributed by atoms with Gasteiger partial charge >= 0.3 is 0 Å². The maximum absolute atomic E-state index is 11.7. The van der Waals surface area contributed by atoms with Crippen LogP contribution in [-0.2, 0) is 4.79 Å². The van der Waals surface area contributed by atoms with E-state index in [1.54, 1.807) is 0 Å². The van der Waals surface area contributed by atoms with Gasteiger partial charge in [-0.05, 0) is 13.3 Å². The van der Waals surface area contributed by atoms with Crippen molar-refractivity contribution < 1.29 is 9.59 Å². The fourth-order valence-electron chi connectivity index (χ4n) is 1.51. The normalized spacial score (nSPS) is 10.1. The summed E-state index contributed by atoms with van der Waals surface area (Å²) in [4.78, 5) is 22.8. The maximum atomic E-state index is 11.7. The van der Waals surface area contributed by atoms with E-state index < -0.39 is 0 Å². The molecule has 0 fully saturated rings. The molecule has 1 aromatic rings. The van der Waals surface area contributed by atoms with E-state index in [1.165, 1.54) is 0 Å². The topological polar surface area (TPSA) is 34.1 Å². The zero-order chi connectivity index (χ0) is 12.0. The van der Waals surface area contributed by atoms with Crippen molar-refractivity contribution in [1.82, 2.24) is 0 Å². The van der Waals surface area contributed by atoms with Crippen LogP contribution in [0.4, 0.5) is 0 Å². The van der Waals surface area contributed by atoms with Crippen LogP contribution in [0.2, 0.25) is 0 Å². The van der Waals surface area contributed by atoms with Gasteiger partial charge < -0.3 is 0 Å². The molecular weight excluding hydrogens is 200 g/mol. The lowest BCUT2D eigenvalue weighted by Crippen LogP contribution is -2.01. The summed E-state index contributed by atoms with van der Waals surface area (Å²) in [5.74, 6) is 0.362. The van der Waals surface area contributed by atoms with Crippen molar-refractivity contribution in [2.75, 3.05) is 0 Å². The van der Waals surface area contributed by atoms with Crippen LogP contribution in [0.15, 0.2) is 24.3 Å². The summed E-state index contributed by atoms with van der Waals surface area (Å²) < 4.78 is 0. The van der Waals surface area contributed by atoms with Gasteiger partial charge in [0.25, 0.3) is 0 Å². The first-order valence-corrected chi connectivity index (χ1v) is 5.75. The van der Waals surface area contributed by atoms with Crippen molar-refractivity contribution in [3.63, 3.8) is 0 Å². The van der Waals surface area contributed by atoms with Gasteiger partial charge in [0, 0.05) is 24.8 Å². The molecule has 0 aliphatic rings. The third-order valence-corrected chi connectivity index (χ3v) is 2.63. The second kappa shape index (κ2) is 6.21. The minimum absolute atomic E-state index is 0.129. The average Bonchev–Trinajstić information content (AvgIpc) is 2.29. The number of carbonyl (C=O) groups is 2. The summed E-state index contributed by atoms with van der Waals surface area (Å²) >= 11 is 0. The van der Waals surface area contributed by atoms with Gasteiger partial charge in [0.15, 0.2) is 5.78 Å². The number of ketones is 2. The van der Waals surface area contributed by atoms with Crippen molar-refractivity contribution in [2.45, 2.75) is 39.5 Å². The molecule has 0 heterocycles. The van der Waals surface area contributed by atoms with E-state index in [1.807, 2.05) is 38.1 Å². The van der Waals surface area contributed by atoms with Gasteiger partial charge in [0.1, 0.15) is 5.78 Å². The first kappa shape index (κ1) is 12.6. The van der Waals surface area contributed by atoms with Gasteiger partial charge in [-0.25, -0.2) is 0 Å². The molecule has 0 spiro atoms. The highest BCUT2D eigenvalue weighted by Crippen LogP contribution is 2.09. The fraction of sp³-hybridized carbons (Fsp3) is 0.429. The number of hydrogen-bond donors (Lipinski definition) is 0. The first-order chi connectivity index (χ1) is 7.63. The molecule has 86 valence electrons. The number of hydrogen-bond acceptors (Lipinski definition) is 2. The van der Waals surface area contributed by atoms with Crippen molar-refractivity contribution >= 4 is 11.6 Å². The summed E-state index contributed by atoms with van der Waals surface area (Å²) in [6, 6.07) is 7.56. The van der Waals surface area contributed by atoms with Crippen LogP contribution in [0.5, 0.6) is 0 Å². The van der Waals surface area contributed by atoms with Gasteiger partial charge in [-0.15, -0.1) is 0 Å². The molecular formula is C14H18O2. The molecule has 0 N–H and O–H groups in total. The van der Waals surface area contributed by atoms with Crippen molar-refractivity contribution in [1.29, 1.82) is 0 Å². The van der Waals surface area contributed by atoms with Gasteiger partial charge in [-0.2, -0.15) is 0 Å². The molecule has 2 nitrogen and oxygen atoms in total. The molecule has 0 bridgehead atoms. The largest absolute Gasteiger partial charge is 0.300 e. The Morgan fingerprint density at radius 3 is 2.25 bits per heavy atom. The number of benzene rings is 1. The summed E-state index contributed by atoms with van der Waals surface area (Å²) in [6.45, 7) is 3.85. The smallest absolute Gasteiger partial charge is 0.162 e. The zero-order valence-electron chi connectivity index (χ0n) is 9.95. The Kier molecular flexibility index (Phi) is 4.90. The van der Waals surface area contributed by atoms with Crippen LogP contribution in [0.25, 0.3) is 0 Å². The van der Waals surface area contributed by atoms with Crippen LogP contribution in [0.3, 0.4) is 0 Å². The van der Waals surface area contributed by atoms with E-state index in [0.717, 1.165) is 11.1 Å². The minimum atomic E-state index is 0.129. The van der Waals surface area contributed by atoms with E-state index >= 15 is 0 Å². The van der Waals surface area contributed by atoms with E-state index in [9.17, 15) is 9.59 Å². The molecule has 16 heavy (non-hydrogen) atoms. The number of Topliss-reactive ketones (excluding diaryl/α,β-unsaturated/α-hetero) is 2. The van der Waals surface area contributed by atoms with Gasteiger partial charge in [-0.3, -0.25) is 9.59 Å². The van der Waals surface area contributed by atoms with Crippen molar-refractivity contribution in [3.8, 4) is 0 Å². The minimum Gasteiger partial charge on any atom is -0.300 e. The van der Waals surface area contributed by atoms with E-state index in [2.05, 4.69) is 0 Å². The van der Waals surface area contributed by atoms with E-state index in [4.69, 9.17) is 0 Å². The second-order valence-electron chi connectivity index (χ2n) is 4.03. The second-order valence-corrected chi connectivity index (χ2v) is 4.03. The van der Waals surface area contributed by atoms with Gasteiger partial charge in [0.05, 0.1) is 0 Å². The van der Waals surface area contributed by atoms with Gasteiger partial charge in [0.2, 0.25) is 0 Å². The standard InChI is InChI=1S/C14H18O2/c1-3-13(15)5-4-6-14(16)12-9-7-11(2)8-10-12/h7-10H,3-6H2,1-2H3. The Bertz CT molecular complexity index is 363. The van der Waals surface area contributed by atoms with Crippen molar-refractivity contribution in [2.24, 2.45) is 0 Å². The van der Waals surface area contributed by atoms with Crippen molar-refractivity contribution in [3.05, 3.63) is 35.4 Å². The predicted octanol–water partition coefficient (Wildman–Crippen LogP) is 3.33. The van der Waals surface area contributed by atoms with E-state index in [0.29, 0.717) is 25.7 Å². The molecule has 1 rings (SSSR count). The highest BCUT2D eigenvalue weighted by Gasteiger charge is 2.06. The lowest BCUT2D eigenvalue weighted by atomic mass is 10.0. The Morgan fingerprint density at radius 2 is 1.69 bits per heavy atom. The quantitative estimate of drug-likeness (QED) is 0.686. The summed E-state index contributed by atoms with van der Waals surface area (Å²) in [6.07, 6.45) is 2.22. The van der Waals surface area contributed by atoms with Crippen LogP contribution in [0, 0.1) is 6.92 Å². The molecule has 0 saturated carbocycles. The van der Waals surface area contributed by atoms with Crippen LogP contribution in [-0.4, -0.2) is 11.6 Å². The monoisotopic (exact) mass is 218 g/mol. The van der Waals surface area contributed by atoms with E-state index in [-0.39, 0.29) is 11.6 Å². The SMILES string of the molecule is CCC(=O)CCCC(=O)c1ccc(C)cc1. The Labute approximate surface area is 96.7 Å². The Hall–Kier alpha value is -1.44. The molecule has 0 aromatic heterocycles. The highest BCUT2D eigenvalue weighted by molar-refractivity contribution is 5.96. The lowest BCUT2D eigenvalue weighted by Gasteiger charge is -2.01. The summed E-state index contributed by atoms with van der Waals surface area (Å²) in [5.41, 5.74) is 1.90. The molecule has 0 unspecified atom stereocenters. The number of carbonyl (C=O) groups excluding carboxylic acids is 2. The third-order valence-electron chi connectivity index (χ3n) is 2.63. The Morgan fingerprint density at radius 1 is 1.06 bits per heavy atom. The maximum Gasteiger partial charge on any atom is 0.162 e. The fourth-order valence-corrected chi connectivity index (χ4v) is 1.51. The molecule has 0 aliphatic heterocycles. The van der Waals surface area contributed by atoms with Crippen LogP contribution >= 0.6 is 0 Å². The van der Waals surface area contributed by atoms with Crippen LogP contribution in [0.1, 0.15) is 48.5 Å². The molecule has 0 atom stereocenters. The molecule has 1 aromatic carbocycles. The summed E-state index contributed by atoms with van der Waals surface area (Å²) in [5, 5.41) is 0. The molecule has 0 aliphatic carbocycles. The number of aryl methyl sites for hydroxylation is 1. The van der Waals surface area contributed by atoms with Crippen LogP contribution < -0.4 is 0 Å². The average molecular weight is 218 g/mol. The molecule has 2 heteroatoms. The van der Waals surface area contributed by atoms with Gasteiger partial charge in [-0.1, -0.05) is 36.8 Å². The zero-order valence-corrected chi connectivity index (χ0v) is 9.95. The first-order valence-electron chi connectivity index (χ1n) is 5.75. The molecule has 0 saturated heterocycles. The number of rotatable bonds is 6. The highest BCUT2D eigenvalue weighted by atomic mass is 16.1. The molecule has 0 radical (unpaired) electrons. The lowest BCUT2D eigenvalue weighted by molar-refractivity contribution is -0.118. The summed E-state index contributed by atoms with van der Waals surface area (Å²) in [7, 11) is 0. The Balaban J connectivity index is 2.41. The predicted molar refractivity (Wildman–Crippen MR) is 64.7 cm³/mol. The molecule has 0 amide bonds.